The van der Waals surface area contributed by atoms with E-state index in [2.05, 4.69) is 36.8 Å². The van der Waals surface area contributed by atoms with Gasteiger partial charge in [0.05, 0.1) is 12.2 Å². The molecule has 1 saturated carbocycles. The number of nitrogens with one attached hydrogen (secondary N) is 2. The Balaban J connectivity index is 1.54. The minimum atomic E-state index is -1.53. The zero-order valence-electron chi connectivity index (χ0n) is 24.9. The van der Waals surface area contributed by atoms with Crippen LogP contribution in [0.15, 0.2) is 87.4 Å². The first kappa shape index (κ1) is 32.5. The third kappa shape index (κ3) is 7.84. The van der Waals surface area contributed by atoms with Gasteiger partial charge in [0.15, 0.2) is 11.6 Å². The summed E-state index contributed by atoms with van der Waals surface area (Å²) in [4.78, 5) is 22.4. The van der Waals surface area contributed by atoms with Gasteiger partial charge in [0.2, 0.25) is 5.90 Å². The first-order chi connectivity index (χ1) is 21.9. The Morgan fingerprint density at radius 1 is 1.09 bits per heavy atom. The Morgan fingerprint density at radius 2 is 1.82 bits per heavy atom. The van der Waals surface area contributed by atoms with Crippen molar-refractivity contribution in [1.82, 2.24) is 10.9 Å². The molecule has 3 aromatic carbocycles. The van der Waals surface area contributed by atoms with E-state index >= 15 is 0 Å². The normalized spacial score (nSPS) is 20.4. The molecule has 0 bridgehead atoms. The highest BCUT2D eigenvalue weighted by Crippen LogP contribution is 2.45. The summed E-state index contributed by atoms with van der Waals surface area (Å²) in [6.45, 7) is 0.616. The largest absolute Gasteiger partial charge is 0.494 e. The van der Waals surface area contributed by atoms with Crippen LogP contribution in [0.5, 0.6) is 5.75 Å². The topological polar surface area (TPSA) is 161 Å². The highest BCUT2D eigenvalue weighted by atomic mass is 79.9. The van der Waals surface area contributed by atoms with E-state index in [-0.39, 0.29) is 25.5 Å². The molecule has 1 fully saturated rings. The molecular weight excluding hydrogens is 640 g/mol. The summed E-state index contributed by atoms with van der Waals surface area (Å²) in [6, 6.07) is 21.8. The summed E-state index contributed by atoms with van der Waals surface area (Å²) < 4.78 is 13.1. The smallest absolute Gasteiger partial charge is 0.266 e. The maximum atomic E-state index is 14.4. The first-order valence-corrected chi connectivity index (χ1v) is 15.9. The van der Waals surface area contributed by atoms with Gasteiger partial charge in [-0.15, -0.1) is 0 Å². The van der Waals surface area contributed by atoms with Crippen molar-refractivity contribution in [3.8, 4) is 5.75 Å². The molecule has 5 rings (SSSR count). The standard InChI is InChI=1S/C33H37BrN6O5/c34-25-13-9-23(10-14-25)21-33(31(42)39-36-22-32(43)17-4-1-5-18-32)29(27-7-2-3-8-28(27)38-40-35)45-30(37-33)24-11-15-26(16-12-24)44-20-6-19-41/h2-3,7-16,29,36,41,43H,1,4-6,17-22H2,(H,39,42)/t29-,33-/m0/s1. The summed E-state index contributed by atoms with van der Waals surface area (Å²) in [5, 5.41) is 24.0. The van der Waals surface area contributed by atoms with Crippen LogP contribution in [0.2, 0.25) is 0 Å². The highest BCUT2D eigenvalue weighted by molar-refractivity contribution is 9.10. The van der Waals surface area contributed by atoms with Crippen molar-refractivity contribution in [2.75, 3.05) is 19.8 Å². The van der Waals surface area contributed by atoms with E-state index in [1.165, 1.54) is 0 Å². The number of ether oxygens (including phenoxy) is 2. The number of azide groups is 1. The number of carbonyl (C=O) groups excluding carboxylic acids is 1. The number of carbonyl (C=O) groups is 1. The van der Waals surface area contributed by atoms with E-state index in [0.29, 0.717) is 48.4 Å². The minimum absolute atomic E-state index is 0.0398. The van der Waals surface area contributed by atoms with Gasteiger partial charge in [0.25, 0.3) is 5.91 Å². The van der Waals surface area contributed by atoms with Crippen LogP contribution in [0.3, 0.4) is 0 Å². The number of aliphatic hydroxyl groups is 2. The van der Waals surface area contributed by atoms with Crippen molar-refractivity contribution in [3.63, 3.8) is 0 Å². The van der Waals surface area contributed by atoms with Gasteiger partial charge in [-0.2, -0.15) is 0 Å². The molecule has 0 aromatic heterocycles. The predicted molar refractivity (Wildman–Crippen MR) is 174 cm³/mol. The fourth-order valence-electron chi connectivity index (χ4n) is 5.81. The van der Waals surface area contributed by atoms with Crippen LogP contribution in [-0.2, 0) is 16.0 Å². The summed E-state index contributed by atoms with van der Waals surface area (Å²) in [5.74, 6) is 0.417. The minimum Gasteiger partial charge on any atom is -0.494 e. The van der Waals surface area contributed by atoms with Gasteiger partial charge in [0, 0.05) is 52.2 Å². The second-order valence-electron chi connectivity index (χ2n) is 11.4. The van der Waals surface area contributed by atoms with E-state index in [1.54, 1.807) is 48.5 Å². The lowest BCUT2D eigenvalue weighted by Crippen LogP contribution is -2.56. The third-order valence-corrected chi connectivity index (χ3v) is 8.72. The van der Waals surface area contributed by atoms with Crippen LogP contribution < -0.4 is 15.6 Å². The maximum Gasteiger partial charge on any atom is 0.266 e. The van der Waals surface area contributed by atoms with Crippen molar-refractivity contribution < 1.29 is 24.5 Å². The SMILES string of the molecule is [N-]=[N+]=Nc1ccccc1[C@@H]1OC(c2ccc(OCCCO)cc2)=N[C@]1(Cc1ccc(Br)cc1)C(=O)NNCC1(O)CCCCC1. The van der Waals surface area contributed by atoms with E-state index in [0.717, 1.165) is 29.3 Å². The lowest BCUT2D eigenvalue weighted by molar-refractivity contribution is -0.130. The summed E-state index contributed by atoms with van der Waals surface area (Å²) in [7, 11) is 0. The molecule has 1 heterocycles. The average molecular weight is 678 g/mol. The summed E-state index contributed by atoms with van der Waals surface area (Å²) in [6.07, 6.45) is 4.00. The molecule has 11 nitrogen and oxygen atoms in total. The third-order valence-electron chi connectivity index (χ3n) is 8.19. The average Bonchev–Trinajstić information content (AvgIpc) is 3.43. The molecule has 4 N–H and O–H groups in total. The number of rotatable bonds is 13. The fraction of sp³-hybridized carbons (Fsp3) is 0.394. The number of halogens is 1. The summed E-state index contributed by atoms with van der Waals surface area (Å²) >= 11 is 3.48. The summed E-state index contributed by atoms with van der Waals surface area (Å²) in [5.41, 5.74) is 15.0. The molecular formula is C33H37BrN6O5. The first-order valence-electron chi connectivity index (χ1n) is 15.1. The molecule has 45 heavy (non-hydrogen) atoms. The van der Waals surface area contributed by atoms with Crippen LogP contribution in [0.4, 0.5) is 5.69 Å². The number of hydrogen-bond donors (Lipinski definition) is 4. The number of aliphatic hydroxyl groups excluding tert-OH is 1. The van der Waals surface area contributed by atoms with E-state index < -0.39 is 23.2 Å². The lowest BCUT2D eigenvalue weighted by Gasteiger charge is -2.34. The van der Waals surface area contributed by atoms with Gasteiger partial charge in [-0.1, -0.05) is 76.7 Å². The zero-order valence-corrected chi connectivity index (χ0v) is 26.4. The highest BCUT2D eigenvalue weighted by Gasteiger charge is 2.54. The second-order valence-corrected chi connectivity index (χ2v) is 12.3. The molecule has 12 heteroatoms. The quantitative estimate of drug-likeness (QED) is 0.0574. The molecule has 0 radical (unpaired) electrons. The lowest BCUT2D eigenvalue weighted by atomic mass is 9.81. The number of benzene rings is 3. The second kappa shape index (κ2) is 14.9. The number of hydrogen-bond acceptors (Lipinski definition) is 8. The zero-order chi connectivity index (χ0) is 31.7. The van der Waals surface area contributed by atoms with Crippen LogP contribution in [0.1, 0.15) is 61.3 Å². The van der Waals surface area contributed by atoms with Crippen molar-refractivity contribution in [2.45, 2.75) is 62.2 Å². The van der Waals surface area contributed by atoms with Crippen molar-refractivity contribution in [3.05, 3.63) is 104 Å². The Kier molecular flexibility index (Phi) is 10.7. The Hall–Kier alpha value is -3.93. The van der Waals surface area contributed by atoms with Crippen LogP contribution in [0.25, 0.3) is 10.4 Å². The maximum absolute atomic E-state index is 14.4. The molecule has 0 spiro atoms. The molecule has 3 aromatic rings. The van der Waals surface area contributed by atoms with Crippen molar-refractivity contribution in [2.24, 2.45) is 10.1 Å². The molecule has 0 saturated heterocycles. The van der Waals surface area contributed by atoms with E-state index in [4.69, 9.17) is 19.6 Å². The molecule has 0 unspecified atom stereocenters. The number of amides is 1. The van der Waals surface area contributed by atoms with Crippen LogP contribution in [-0.4, -0.2) is 52.9 Å². The Morgan fingerprint density at radius 3 is 2.53 bits per heavy atom. The van der Waals surface area contributed by atoms with Crippen molar-refractivity contribution >= 4 is 33.4 Å². The fourth-order valence-corrected chi connectivity index (χ4v) is 6.07. The molecule has 1 amide bonds. The molecule has 236 valence electrons. The Bertz CT molecular complexity index is 1540. The molecule has 1 aliphatic carbocycles. The number of aliphatic imine (C=N–C) groups is 1. The number of nitrogens with zero attached hydrogens (tertiary/aromatic N) is 4. The monoisotopic (exact) mass is 676 g/mol. The van der Waals surface area contributed by atoms with Gasteiger partial charge in [-0.25, -0.2) is 10.4 Å². The van der Waals surface area contributed by atoms with E-state index in [9.17, 15) is 15.4 Å². The van der Waals surface area contributed by atoms with Gasteiger partial charge >= 0.3 is 0 Å². The van der Waals surface area contributed by atoms with Crippen molar-refractivity contribution in [1.29, 1.82) is 0 Å². The van der Waals surface area contributed by atoms with Crippen LogP contribution in [0, 0.1) is 0 Å². The van der Waals surface area contributed by atoms with Gasteiger partial charge in [0.1, 0.15) is 5.75 Å². The van der Waals surface area contributed by atoms with Gasteiger partial charge in [-0.05, 0) is 60.3 Å². The van der Waals surface area contributed by atoms with Gasteiger partial charge in [-0.3, -0.25) is 10.2 Å². The number of hydrazine groups is 1. The van der Waals surface area contributed by atoms with E-state index in [1.807, 2.05) is 24.3 Å². The molecule has 1 aliphatic heterocycles. The molecule has 2 atom stereocenters. The van der Waals surface area contributed by atoms with Crippen LogP contribution >= 0.6 is 15.9 Å². The Labute approximate surface area is 270 Å². The predicted octanol–water partition coefficient (Wildman–Crippen LogP) is 5.97. The molecule has 2 aliphatic rings. The van der Waals surface area contributed by atoms with Gasteiger partial charge < -0.3 is 19.7 Å².